The number of fused-ring (bicyclic) bond motifs is 1. The van der Waals surface area contributed by atoms with Crippen LogP contribution >= 0.6 is 11.8 Å². The van der Waals surface area contributed by atoms with Crippen molar-refractivity contribution in [2.45, 2.75) is 18.2 Å². The number of hydrogen-bond acceptors (Lipinski definition) is 8. The Labute approximate surface area is 191 Å². The van der Waals surface area contributed by atoms with E-state index in [4.69, 9.17) is 9.47 Å². The van der Waals surface area contributed by atoms with Gasteiger partial charge in [0.2, 0.25) is 5.91 Å². The fourth-order valence-electron chi connectivity index (χ4n) is 3.65. The average molecular weight is 476 g/mol. The molecule has 1 saturated heterocycles. The first kappa shape index (κ1) is 22.5. The van der Waals surface area contributed by atoms with Crippen LogP contribution in [0.3, 0.4) is 0 Å². The summed E-state index contributed by atoms with van der Waals surface area (Å²) in [5, 5.41) is 3.44. The number of hydrogen-bond donors (Lipinski definition) is 1. The quantitative estimate of drug-likeness (QED) is 0.658. The number of benzene rings is 2. The van der Waals surface area contributed by atoms with Gasteiger partial charge in [0.15, 0.2) is 15.0 Å². The van der Waals surface area contributed by atoms with Crippen LogP contribution in [0.2, 0.25) is 0 Å². The minimum absolute atomic E-state index is 0.0397. The summed E-state index contributed by atoms with van der Waals surface area (Å²) < 4.78 is 34.5. The number of amidine groups is 1. The summed E-state index contributed by atoms with van der Waals surface area (Å²) >= 11 is 1.42. The first-order chi connectivity index (χ1) is 15.4. The fraction of sp³-hybridized carbons (Fsp3) is 0.364. The SMILES string of the molecule is CCOc1ccc(N(CC(=O)Nc2ccc(OC)cc2)C2=N[C@@H]3CS(=O)(=O)C[C@H]3S2)cc1. The van der Waals surface area contributed by atoms with Crippen LogP contribution < -0.4 is 19.7 Å². The number of ether oxygens (including phenoxy) is 2. The van der Waals surface area contributed by atoms with Crippen LogP contribution in [0.1, 0.15) is 6.92 Å². The monoisotopic (exact) mass is 475 g/mol. The molecule has 0 radical (unpaired) electrons. The summed E-state index contributed by atoms with van der Waals surface area (Å²) in [7, 11) is -1.47. The maximum Gasteiger partial charge on any atom is 0.244 e. The highest BCUT2D eigenvalue weighted by Crippen LogP contribution is 2.37. The van der Waals surface area contributed by atoms with Crippen molar-refractivity contribution in [3.8, 4) is 11.5 Å². The maximum absolute atomic E-state index is 12.9. The lowest BCUT2D eigenvalue weighted by atomic mass is 10.2. The predicted octanol–water partition coefficient (Wildman–Crippen LogP) is 2.81. The third kappa shape index (κ3) is 5.18. The topological polar surface area (TPSA) is 97.3 Å². The number of sulfone groups is 1. The summed E-state index contributed by atoms with van der Waals surface area (Å²) in [6, 6.07) is 14.3. The molecule has 0 unspecified atom stereocenters. The van der Waals surface area contributed by atoms with E-state index < -0.39 is 9.84 Å². The molecule has 0 spiro atoms. The fourth-order valence-corrected chi connectivity index (χ4v) is 7.43. The van der Waals surface area contributed by atoms with E-state index in [-0.39, 0.29) is 35.2 Å². The highest BCUT2D eigenvalue weighted by molar-refractivity contribution is 8.15. The summed E-state index contributed by atoms with van der Waals surface area (Å²) in [4.78, 5) is 19.3. The van der Waals surface area contributed by atoms with Crippen LogP contribution in [0.15, 0.2) is 53.5 Å². The molecule has 32 heavy (non-hydrogen) atoms. The molecule has 2 atom stereocenters. The van der Waals surface area contributed by atoms with E-state index in [1.165, 1.54) is 11.8 Å². The highest BCUT2D eigenvalue weighted by Gasteiger charge is 2.44. The van der Waals surface area contributed by atoms with Gasteiger partial charge in [-0.15, -0.1) is 0 Å². The number of nitrogens with one attached hydrogen (secondary N) is 1. The van der Waals surface area contributed by atoms with Crippen molar-refractivity contribution >= 4 is 44.0 Å². The smallest absolute Gasteiger partial charge is 0.244 e. The van der Waals surface area contributed by atoms with Gasteiger partial charge < -0.3 is 19.7 Å². The molecule has 1 amide bonds. The number of carbonyl (C=O) groups is 1. The molecule has 170 valence electrons. The Morgan fingerprint density at radius 1 is 1.12 bits per heavy atom. The van der Waals surface area contributed by atoms with Gasteiger partial charge >= 0.3 is 0 Å². The van der Waals surface area contributed by atoms with Crippen molar-refractivity contribution in [1.82, 2.24) is 0 Å². The van der Waals surface area contributed by atoms with Crippen molar-refractivity contribution in [3.05, 3.63) is 48.5 Å². The molecule has 10 heteroatoms. The Morgan fingerprint density at radius 2 is 1.81 bits per heavy atom. The molecule has 2 aliphatic rings. The van der Waals surface area contributed by atoms with E-state index in [2.05, 4.69) is 10.3 Å². The third-order valence-corrected chi connectivity index (χ3v) is 8.42. The lowest BCUT2D eigenvalue weighted by Crippen LogP contribution is -2.36. The van der Waals surface area contributed by atoms with Crippen molar-refractivity contribution in [3.63, 3.8) is 0 Å². The molecule has 0 bridgehead atoms. The van der Waals surface area contributed by atoms with Crippen LogP contribution in [-0.2, 0) is 14.6 Å². The van der Waals surface area contributed by atoms with E-state index in [1.807, 2.05) is 36.1 Å². The Kier molecular flexibility index (Phi) is 6.61. The van der Waals surface area contributed by atoms with Gasteiger partial charge in [-0.2, -0.15) is 0 Å². The number of anilines is 2. The molecule has 0 aromatic heterocycles. The van der Waals surface area contributed by atoms with Crippen LogP contribution in [0.25, 0.3) is 0 Å². The van der Waals surface area contributed by atoms with Gasteiger partial charge in [0, 0.05) is 16.6 Å². The van der Waals surface area contributed by atoms with Gasteiger partial charge in [0.25, 0.3) is 0 Å². The molecule has 8 nitrogen and oxygen atoms in total. The first-order valence-electron chi connectivity index (χ1n) is 10.3. The number of rotatable bonds is 7. The van der Waals surface area contributed by atoms with E-state index in [0.717, 1.165) is 11.4 Å². The largest absolute Gasteiger partial charge is 0.497 e. The Morgan fingerprint density at radius 3 is 2.44 bits per heavy atom. The number of thioether (sulfide) groups is 1. The molecule has 2 aliphatic heterocycles. The molecule has 2 heterocycles. The minimum atomic E-state index is -3.05. The molecule has 1 fully saturated rings. The molecule has 0 saturated carbocycles. The van der Waals surface area contributed by atoms with Gasteiger partial charge in [-0.1, -0.05) is 11.8 Å². The predicted molar refractivity (Wildman–Crippen MR) is 128 cm³/mol. The van der Waals surface area contributed by atoms with Crippen molar-refractivity contribution in [2.75, 3.05) is 42.0 Å². The highest BCUT2D eigenvalue weighted by atomic mass is 32.2. The van der Waals surface area contributed by atoms with E-state index in [1.54, 1.807) is 31.4 Å². The van der Waals surface area contributed by atoms with Crippen molar-refractivity contribution in [1.29, 1.82) is 0 Å². The standard InChI is InChI=1S/C22H25N3O5S2/c1-3-30-18-10-6-16(7-11-18)25(22-24-19-13-32(27,28)14-20(19)31-22)12-21(26)23-15-4-8-17(29-2)9-5-15/h4-11,19-20H,3,12-14H2,1-2H3,(H,23,26)/t19-,20-/m1/s1. The number of nitrogens with zero attached hydrogens (tertiary/aromatic N) is 2. The molecular formula is C22H25N3O5S2. The Balaban J connectivity index is 1.54. The van der Waals surface area contributed by atoms with Gasteiger partial charge in [-0.25, -0.2) is 8.42 Å². The van der Waals surface area contributed by atoms with Gasteiger partial charge in [0.1, 0.15) is 18.0 Å². The van der Waals surface area contributed by atoms with Crippen LogP contribution in [0.4, 0.5) is 11.4 Å². The first-order valence-corrected chi connectivity index (χ1v) is 13.0. The number of amides is 1. The lowest BCUT2D eigenvalue weighted by Gasteiger charge is -2.24. The molecule has 0 aliphatic carbocycles. The number of methoxy groups -OCH3 is 1. The van der Waals surface area contributed by atoms with E-state index in [9.17, 15) is 13.2 Å². The molecule has 4 rings (SSSR count). The van der Waals surface area contributed by atoms with Crippen LogP contribution in [0, 0.1) is 0 Å². The maximum atomic E-state index is 12.9. The summed E-state index contributed by atoms with van der Waals surface area (Å²) in [6.45, 7) is 2.52. The second-order valence-corrected chi connectivity index (χ2v) is 10.9. The van der Waals surface area contributed by atoms with Gasteiger partial charge in [-0.3, -0.25) is 9.79 Å². The second kappa shape index (κ2) is 9.41. The zero-order valence-corrected chi connectivity index (χ0v) is 19.5. The lowest BCUT2D eigenvalue weighted by molar-refractivity contribution is -0.114. The molecule has 1 N–H and O–H groups in total. The van der Waals surface area contributed by atoms with Crippen molar-refractivity contribution < 1.29 is 22.7 Å². The number of carbonyl (C=O) groups excluding carboxylic acids is 1. The van der Waals surface area contributed by atoms with E-state index in [0.29, 0.717) is 23.2 Å². The zero-order valence-electron chi connectivity index (χ0n) is 17.9. The Bertz CT molecular complexity index is 1100. The average Bonchev–Trinajstić information content (AvgIpc) is 3.27. The normalized spacial score (nSPS) is 20.9. The molecular weight excluding hydrogens is 450 g/mol. The molecule has 2 aromatic rings. The van der Waals surface area contributed by atoms with Crippen LogP contribution in [-0.4, -0.2) is 62.6 Å². The van der Waals surface area contributed by atoms with Gasteiger partial charge in [0.05, 0.1) is 31.3 Å². The van der Waals surface area contributed by atoms with Crippen molar-refractivity contribution in [2.24, 2.45) is 4.99 Å². The summed E-state index contributed by atoms with van der Waals surface area (Å²) in [5.41, 5.74) is 1.44. The summed E-state index contributed by atoms with van der Waals surface area (Å²) in [5.74, 6) is 1.41. The van der Waals surface area contributed by atoms with Crippen LogP contribution in [0.5, 0.6) is 11.5 Å². The second-order valence-electron chi connectivity index (χ2n) is 7.50. The zero-order chi connectivity index (χ0) is 22.7. The minimum Gasteiger partial charge on any atom is -0.497 e. The number of aliphatic imine (C=N–C) groups is 1. The Hall–Kier alpha value is -2.72. The molecule has 2 aromatic carbocycles. The van der Waals surface area contributed by atoms with E-state index >= 15 is 0 Å². The van der Waals surface area contributed by atoms with Gasteiger partial charge in [-0.05, 0) is 55.5 Å². The summed E-state index contributed by atoms with van der Waals surface area (Å²) in [6.07, 6.45) is 0. The third-order valence-electron chi connectivity index (χ3n) is 5.17.